The number of ether oxygens (including phenoxy) is 1. The van der Waals surface area contributed by atoms with Crippen molar-refractivity contribution < 1.29 is 4.74 Å². The third-order valence-corrected chi connectivity index (χ3v) is 2.59. The Kier molecular flexibility index (Phi) is 3.53. The predicted octanol–water partition coefficient (Wildman–Crippen LogP) is 0.905. The minimum Gasteiger partial charge on any atom is -0.385 e. The summed E-state index contributed by atoms with van der Waals surface area (Å²) in [4.78, 5) is 10.6. The number of methoxy groups -OCH3 is 1. The van der Waals surface area contributed by atoms with E-state index in [4.69, 9.17) is 4.74 Å². The first kappa shape index (κ1) is 11.8. The van der Waals surface area contributed by atoms with Crippen LogP contribution in [0.15, 0.2) is 12.4 Å². The van der Waals surface area contributed by atoms with Crippen molar-refractivity contribution in [2.24, 2.45) is 0 Å². The molecule has 0 aliphatic rings. The number of aromatic nitrogens is 4. The van der Waals surface area contributed by atoms with Crippen molar-refractivity contribution in [3.8, 4) is 0 Å². The summed E-state index contributed by atoms with van der Waals surface area (Å²) in [5.41, 5.74) is 0.944. The van der Waals surface area contributed by atoms with Gasteiger partial charge in [0.25, 0.3) is 5.78 Å². The van der Waals surface area contributed by atoms with Crippen LogP contribution in [0.2, 0.25) is 0 Å². The predicted molar refractivity (Wildman–Crippen MR) is 65.3 cm³/mol. The Bertz CT molecular complexity index is 496. The monoisotopic (exact) mass is 235 g/mol. The largest absolute Gasteiger partial charge is 0.385 e. The maximum absolute atomic E-state index is 5.05. The lowest BCUT2D eigenvalue weighted by molar-refractivity contribution is 0.196. The van der Waals surface area contributed by atoms with E-state index in [0.717, 1.165) is 31.1 Å². The number of nitrogens with zero attached hydrogens (tertiary/aromatic N) is 5. The number of hydrogen-bond acceptors (Lipinski definition) is 5. The first-order valence-corrected chi connectivity index (χ1v) is 5.60. The molecule has 0 atom stereocenters. The Labute approximate surface area is 100 Å². The van der Waals surface area contributed by atoms with Gasteiger partial charge in [-0.15, -0.1) is 0 Å². The Balaban J connectivity index is 2.24. The van der Waals surface area contributed by atoms with Crippen molar-refractivity contribution in [1.82, 2.24) is 19.6 Å². The highest BCUT2D eigenvalue weighted by Crippen LogP contribution is 2.14. The topological polar surface area (TPSA) is 55.5 Å². The van der Waals surface area contributed by atoms with Crippen molar-refractivity contribution in [3.05, 3.63) is 18.1 Å². The van der Waals surface area contributed by atoms with Crippen molar-refractivity contribution in [1.29, 1.82) is 0 Å². The quantitative estimate of drug-likeness (QED) is 0.721. The molecule has 0 radical (unpaired) electrons. The van der Waals surface area contributed by atoms with Crippen molar-refractivity contribution in [3.63, 3.8) is 0 Å². The molecule has 0 saturated carbocycles. The first-order chi connectivity index (χ1) is 8.22. The second-order valence-corrected chi connectivity index (χ2v) is 4.00. The molecule has 0 unspecified atom stereocenters. The third kappa shape index (κ3) is 2.52. The molecule has 0 aliphatic heterocycles. The van der Waals surface area contributed by atoms with Gasteiger partial charge in [-0.3, -0.25) is 0 Å². The molecule has 92 valence electrons. The number of hydrogen-bond donors (Lipinski definition) is 0. The molecule has 0 spiro atoms. The van der Waals surface area contributed by atoms with Crippen LogP contribution in [-0.2, 0) is 4.74 Å². The SMILES string of the molecule is COCCCN(C)c1cc(C)nc2ncnn12. The molecule has 0 aliphatic carbocycles. The Hall–Kier alpha value is -1.69. The Morgan fingerprint density at radius 2 is 2.29 bits per heavy atom. The first-order valence-electron chi connectivity index (χ1n) is 5.60. The summed E-state index contributed by atoms with van der Waals surface area (Å²) in [5, 5.41) is 4.18. The van der Waals surface area contributed by atoms with Crippen LogP contribution in [0.1, 0.15) is 12.1 Å². The number of rotatable bonds is 5. The summed E-state index contributed by atoms with van der Waals surface area (Å²) in [5.74, 6) is 1.64. The fourth-order valence-corrected chi connectivity index (χ4v) is 1.74. The van der Waals surface area contributed by atoms with Gasteiger partial charge >= 0.3 is 0 Å². The highest BCUT2D eigenvalue weighted by atomic mass is 16.5. The molecule has 6 heteroatoms. The van der Waals surface area contributed by atoms with Gasteiger partial charge in [0.15, 0.2) is 0 Å². The number of aryl methyl sites for hydroxylation is 1. The van der Waals surface area contributed by atoms with Crippen LogP contribution in [0.5, 0.6) is 0 Å². The van der Waals surface area contributed by atoms with Gasteiger partial charge in [-0.1, -0.05) is 0 Å². The fourth-order valence-electron chi connectivity index (χ4n) is 1.74. The zero-order chi connectivity index (χ0) is 12.3. The van der Waals surface area contributed by atoms with Gasteiger partial charge in [-0.2, -0.15) is 14.6 Å². The molecule has 0 saturated heterocycles. The zero-order valence-electron chi connectivity index (χ0n) is 10.4. The molecule has 0 amide bonds. The van der Waals surface area contributed by atoms with Crippen LogP contribution in [0.3, 0.4) is 0 Å². The maximum atomic E-state index is 5.05. The second-order valence-electron chi connectivity index (χ2n) is 4.00. The van der Waals surface area contributed by atoms with Crippen LogP contribution in [0, 0.1) is 6.92 Å². The van der Waals surface area contributed by atoms with Crippen LogP contribution in [0.4, 0.5) is 5.82 Å². The minimum atomic E-state index is 0.638. The molecular weight excluding hydrogens is 218 g/mol. The summed E-state index contributed by atoms with van der Waals surface area (Å²) >= 11 is 0. The molecule has 2 aromatic heterocycles. The standard InChI is InChI=1S/C11H17N5O/c1-9-7-10(15(2)5-4-6-17-3)16-11(14-9)12-8-13-16/h7-8H,4-6H2,1-3H3. The smallest absolute Gasteiger partial charge is 0.254 e. The number of fused-ring (bicyclic) bond motifs is 1. The molecule has 6 nitrogen and oxygen atoms in total. The minimum absolute atomic E-state index is 0.638. The van der Waals surface area contributed by atoms with Crippen LogP contribution in [-0.4, -0.2) is 46.9 Å². The zero-order valence-corrected chi connectivity index (χ0v) is 10.4. The van der Waals surface area contributed by atoms with E-state index in [1.165, 1.54) is 6.33 Å². The molecule has 2 rings (SSSR count). The Morgan fingerprint density at radius 3 is 3.06 bits per heavy atom. The third-order valence-electron chi connectivity index (χ3n) is 2.59. The van der Waals surface area contributed by atoms with E-state index in [0.29, 0.717) is 5.78 Å². The average Bonchev–Trinajstić information content (AvgIpc) is 2.75. The van der Waals surface area contributed by atoms with Gasteiger partial charge in [0.05, 0.1) is 0 Å². The van der Waals surface area contributed by atoms with Crippen LogP contribution in [0.25, 0.3) is 5.78 Å². The molecule has 0 fully saturated rings. The summed E-state index contributed by atoms with van der Waals surface area (Å²) < 4.78 is 6.80. The summed E-state index contributed by atoms with van der Waals surface area (Å²) in [7, 11) is 3.75. The molecule has 17 heavy (non-hydrogen) atoms. The summed E-state index contributed by atoms with van der Waals surface area (Å²) in [6.45, 7) is 3.63. The molecule has 0 N–H and O–H groups in total. The van der Waals surface area contributed by atoms with Gasteiger partial charge in [-0.05, 0) is 13.3 Å². The van der Waals surface area contributed by atoms with E-state index >= 15 is 0 Å². The maximum Gasteiger partial charge on any atom is 0.254 e. The van der Waals surface area contributed by atoms with E-state index in [2.05, 4.69) is 20.0 Å². The van der Waals surface area contributed by atoms with Crippen molar-refractivity contribution in [2.45, 2.75) is 13.3 Å². The molecule has 2 aromatic rings. The van der Waals surface area contributed by atoms with Crippen molar-refractivity contribution in [2.75, 3.05) is 32.2 Å². The normalized spacial score (nSPS) is 11.0. The van der Waals surface area contributed by atoms with E-state index in [-0.39, 0.29) is 0 Å². The van der Waals surface area contributed by atoms with Crippen molar-refractivity contribution >= 4 is 11.6 Å². The molecule has 2 heterocycles. The molecular formula is C11H17N5O. The Morgan fingerprint density at radius 1 is 1.47 bits per heavy atom. The highest BCUT2D eigenvalue weighted by molar-refractivity contribution is 5.46. The lowest BCUT2D eigenvalue weighted by atomic mass is 10.3. The second kappa shape index (κ2) is 5.09. The van der Waals surface area contributed by atoms with E-state index < -0.39 is 0 Å². The molecule has 0 aromatic carbocycles. The van der Waals surface area contributed by atoms with Gasteiger partial charge in [-0.25, -0.2) is 4.98 Å². The van der Waals surface area contributed by atoms with Crippen LogP contribution < -0.4 is 4.90 Å². The lowest BCUT2D eigenvalue weighted by Gasteiger charge is -2.19. The lowest BCUT2D eigenvalue weighted by Crippen LogP contribution is -2.23. The van der Waals surface area contributed by atoms with E-state index in [9.17, 15) is 0 Å². The average molecular weight is 235 g/mol. The number of anilines is 1. The van der Waals surface area contributed by atoms with E-state index in [1.54, 1.807) is 11.6 Å². The van der Waals surface area contributed by atoms with Gasteiger partial charge in [0, 0.05) is 39.1 Å². The van der Waals surface area contributed by atoms with Gasteiger partial charge < -0.3 is 9.64 Å². The molecule has 0 bridgehead atoms. The summed E-state index contributed by atoms with van der Waals surface area (Å²) in [6, 6.07) is 2.01. The van der Waals surface area contributed by atoms with Crippen LogP contribution >= 0.6 is 0 Å². The van der Waals surface area contributed by atoms with E-state index in [1.807, 2.05) is 20.0 Å². The van der Waals surface area contributed by atoms with Gasteiger partial charge in [0.2, 0.25) is 0 Å². The fraction of sp³-hybridized carbons (Fsp3) is 0.545. The highest BCUT2D eigenvalue weighted by Gasteiger charge is 2.09. The summed E-state index contributed by atoms with van der Waals surface area (Å²) in [6.07, 6.45) is 2.50. The van der Waals surface area contributed by atoms with Gasteiger partial charge in [0.1, 0.15) is 12.1 Å².